The third kappa shape index (κ3) is 4.41. The fourth-order valence-corrected chi connectivity index (χ4v) is 4.49. The molecule has 1 fully saturated rings. The normalized spacial score (nSPS) is 20.4. The minimum atomic E-state index is 0.487. The molecule has 0 radical (unpaired) electrons. The van der Waals surface area contributed by atoms with Crippen LogP contribution >= 0.6 is 23.5 Å². The first kappa shape index (κ1) is 11.4. The Bertz CT molecular complexity index is 153. The van der Waals surface area contributed by atoms with Gasteiger partial charge in [-0.25, -0.2) is 0 Å². The van der Waals surface area contributed by atoms with Crippen molar-refractivity contribution in [1.29, 1.82) is 0 Å². The summed E-state index contributed by atoms with van der Waals surface area (Å²) >= 11 is 4.20. The number of hydrogen-bond donors (Lipinski definition) is 0. The molecule has 0 aromatic heterocycles. The molecule has 0 N–H and O–H groups in total. The average molecular weight is 218 g/mol. The first-order chi connectivity index (χ1) is 6.27. The number of aldehydes is 1. The van der Waals surface area contributed by atoms with Gasteiger partial charge in [0.15, 0.2) is 0 Å². The highest BCUT2D eigenvalue weighted by Gasteiger charge is 2.29. The predicted molar refractivity (Wildman–Crippen MR) is 62.5 cm³/mol. The first-order valence-corrected chi connectivity index (χ1v) is 6.95. The van der Waals surface area contributed by atoms with E-state index in [1.54, 1.807) is 0 Å². The third-order valence-corrected chi connectivity index (χ3v) is 5.76. The molecule has 0 atom stereocenters. The number of unbranched alkanes of at least 4 members (excludes halogenated alkanes) is 3. The van der Waals surface area contributed by atoms with Crippen LogP contribution in [0.1, 0.15) is 39.0 Å². The maximum Gasteiger partial charge on any atom is 0.119 e. The van der Waals surface area contributed by atoms with Gasteiger partial charge in [0.2, 0.25) is 0 Å². The second-order valence-corrected chi connectivity index (χ2v) is 7.05. The zero-order chi connectivity index (χ0) is 9.57. The smallest absolute Gasteiger partial charge is 0.119 e. The Hall–Kier alpha value is 0.370. The summed E-state index contributed by atoms with van der Waals surface area (Å²) in [5.41, 5.74) is 0. The second-order valence-electron chi connectivity index (χ2n) is 3.60. The summed E-state index contributed by atoms with van der Waals surface area (Å²) in [7, 11) is 0. The van der Waals surface area contributed by atoms with Gasteiger partial charge in [0.05, 0.1) is 4.08 Å². The third-order valence-electron chi connectivity index (χ3n) is 2.35. The van der Waals surface area contributed by atoms with Crippen molar-refractivity contribution in [3.8, 4) is 0 Å². The van der Waals surface area contributed by atoms with Gasteiger partial charge in [0.1, 0.15) is 6.29 Å². The van der Waals surface area contributed by atoms with Crippen LogP contribution in [0.2, 0.25) is 0 Å². The van der Waals surface area contributed by atoms with Crippen LogP contribution in [-0.4, -0.2) is 21.9 Å². The lowest BCUT2D eigenvalue weighted by Crippen LogP contribution is -2.10. The summed E-state index contributed by atoms with van der Waals surface area (Å²) in [6.07, 6.45) is 6.66. The highest BCUT2D eigenvalue weighted by molar-refractivity contribution is 8.21. The molecular weight excluding hydrogens is 200 g/mol. The fraction of sp³-hybridized carbons (Fsp3) is 0.900. The van der Waals surface area contributed by atoms with Crippen molar-refractivity contribution in [3.63, 3.8) is 0 Å². The van der Waals surface area contributed by atoms with Crippen LogP contribution in [0, 0.1) is 0 Å². The predicted octanol–water partition coefficient (Wildman–Crippen LogP) is 3.33. The van der Waals surface area contributed by atoms with Crippen LogP contribution in [0.5, 0.6) is 0 Å². The highest BCUT2D eigenvalue weighted by Crippen LogP contribution is 2.46. The number of carbonyl (C=O) groups is 1. The molecule has 0 aromatic rings. The van der Waals surface area contributed by atoms with Crippen molar-refractivity contribution in [1.82, 2.24) is 0 Å². The quantitative estimate of drug-likeness (QED) is 0.503. The van der Waals surface area contributed by atoms with Crippen molar-refractivity contribution in [2.75, 3.05) is 11.5 Å². The Kier molecular flexibility index (Phi) is 5.25. The Balaban J connectivity index is 2.01. The second kappa shape index (κ2) is 5.97. The van der Waals surface area contributed by atoms with Crippen molar-refractivity contribution < 1.29 is 4.79 Å². The lowest BCUT2D eigenvalue weighted by atomic mass is 10.1. The molecule has 76 valence electrons. The van der Waals surface area contributed by atoms with E-state index in [4.69, 9.17) is 0 Å². The zero-order valence-electron chi connectivity index (χ0n) is 8.25. The first-order valence-electron chi connectivity index (χ1n) is 4.98. The Morgan fingerprint density at radius 3 is 2.54 bits per heavy atom. The van der Waals surface area contributed by atoms with Gasteiger partial charge in [-0.3, -0.25) is 0 Å². The minimum absolute atomic E-state index is 0.487. The minimum Gasteiger partial charge on any atom is -0.303 e. The molecule has 0 saturated carbocycles. The van der Waals surface area contributed by atoms with Crippen LogP contribution in [0.3, 0.4) is 0 Å². The fourth-order valence-electron chi connectivity index (χ4n) is 1.55. The maximum absolute atomic E-state index is 10.1. The molecule has 1 aliphatic heterocycles. The molecule has 0 bridgehead atoms. The van der Waals surface area contributed by atoms with E-state index in [9.17, 15) is 4.79 Å². The Morgan fingerprint density at radius 1 is 1.23 bits per heavy atom. The van der Waals surface area contributed by atoms with Gasteiger partial charge >= 0.3 is 0 Å². The summed E-state index contributed by atoms with van der Waals surface area (Å²) in [6, 6.07) is 0. The molecule has 0 aliphatic carbocycles. The van der Waals surface area contributed by atoms with E-state index in [0.717, 1.165) is 19.1 Å². The topological polar surface area (TPSA) is 17.1 Å². The Labute approximate surface area is 89.4 Å². The maximum atomic E-state index is 10.1. The van der Waals surface area contributed by atoms with Gasteiger partial charge in [-0.05, 0) is 19.8 Å². The number of carbonyl (C=O) groups excluding carboxylic acids is 1. The summed E-state index contributed by atoms with van der Waals surface area (Å²) in [4.78, 5) is 10.1. The molecule has 1 nitrogen and oxygen atoms in total. The molecule has 0 amide bonds. The van der Waals surface area contributed by atoms with Crippen LogP contribution in [0.25, 0.3) is 0 Å². The van der Waals surface area contributed by atoms with Crippen molar-refractivity contribution in [2.45, 2.75) is 43.1 Å². The zero-order valence-corrected chi connectivity index (χ0v) is 9.88. The molecule has 1 heterocycles. The molecule has 1 aliphatic rings. The number of rotatable bonds is 6. The van der Waals surface area contributed by atoms with Gasteiger partial charge in [-0.2, -0.15) is 0 Å². The summed E-state index contributed by atoms with van der Waals surface area (Å²) in [5, 5.41) is 0. The number of thioether (sulfide) groups is 2. The molecule has 0 unspecified atom stereocenters. The lowest BCUT2D eigenvalue weighted by Gasteiger charge is -2.21. The van der Waals surface area contributed by atoms with Crippen molar-refractivity contribution >= 4 is 29.8 Å². The SMILES string of the molecule is CC1(CCCCCC=O)SCCS1. The lowest BCUT2D eigenvalue weighted by molar-refractivity contribution is -0.107. The van der Waals surface area contributed by atoms with Gasteiger partial charge in [0.25, 0.3) is 0 Å². The molecule has 0 aromatic carbocycles. The van der Waals surface area contributed by atoms with Crippen molar-refractivity contribution in [3.05, 3.63) is 0 Å². The summed E-state index contributed by atoms with van der Waals surface area (Å²) < 4.78 is 0.487. The van der Waals surface area contributed by atoms with Gasteiger partial charge in [-0.15, -0.1) is 23.5 Å². The van der Waals surface area contributed by atoms with Crippen LogP contribution in [0.15, 0.2) is 0 Å². The van der Waals surface area contributed by atoms with Gasteiger partial charge in [0, 0.05) is 17.9 Å². The van der Waals surface area contributed by atoms with E-state index in [1.807, 2.05) is 0 Å². The van der Waals surface area contributed by atoms with E-state index in [2.05, 4.69) is 30.4 Å². The van der Waals surface area contributed by atoms with Crippen LogP contribution in [0.4, 0.5) is 0 Å². The number of hydrogen-bond acceptors (Lipinski definition) is 3. The Morgan fingerprint density at radius 2 is 1.92 bits per heavy atom. The molecule has 0 spiro atoms. The van der Waals surface area contributed by atoms with E-state index >= 15 is 0 Å². The molecule has 13 heavy (non-hydrogen) atoms. The summed E-state index contributed by atoms with van der Waals surface area (Å²) in [6.45, 7) is 2.36. The van der Waals surface area contributed by atoms with E-state index in [-0.39, 0.29) is 0 Å². The van der Waals surface area contributed by atoms with E-state index < -0.39 is 0 Å². The molecular formula is C10H18OS2. The van der Waals surface area contributed by atoms with Crippen LogP contribution < -0.4 is 0 Å². The van der Waals surface area contributed by atoms with Gasteiger partial charge < -0.3 is 4.79 Å². The molecule has 3 heteroatoms. The largest absolute Gasteiger partial charge is 0.303 e. The van der Waals surface area contributed by atoms with Gasteiger partial charge in [-0.1, -0.05) is 12.8 Å². The average Bonchev–Trinajstić information content (AvgIpc) is 2.53. The molecule has 1 rings (SSSR count). The van der Waals surface area contributed by atoms with E-state index in [1.165, 1.54) is 30.8 Å². The standard InChI is InChI=1S/C10H18OS2/c1-10(12-8-9-13-10)6-4-2-3-5-7-11/h7H,2-6,8-9H2,1H3. The van der Waals surface area contributed by atoms with Crippen LogP contribution in [-0.2, 0) is 4.79 Å². The molecule has 1 saturated heterocycles. The highest BCUT2D eigenvalue weighted by atomic mass is 32.2. The monoisotopic (exact) mass is 218 g/mol. The van der Waals surface area contributed by atoms with E-state index in [0.29, 0.717) is 4.08 Å². The summed E-state index contributed by atoms with van der Waals surface area (Å²) in [5.74, 6) is 2.63. The van der Waals surface area contributed by atoms with Crippen molar-refractivity contribution in [2.24, 2.45) is 0 Å².